The first-order valence-electron chi connectivity index (χ1n) is 8.81. The highest BCUT2D eigenvalue weighted by Gasteiger charge is 2.22. The van der Waals surface area contributed by atoms with Gasteiger partial charge in [-0.05, 0) is 43.9 Å². The van der Waals surface area contributed by atoms with Crippen LogP contribution in [0.2, 0.25) is 0 Å². The normalized spacial score (nSPS) is 22.6. The van der Waals surface area contributed by atoms with Gasteiger partial charge in [-0.1, -0.05) is 18.9 Å². The third kappa shape index (κ3) is 4.38. The molecule has 3 rings (SSSR count). The van der Waals surface area contributed by atoms with Crippen LogP contribution in [-0.2, 0) is 0 Å². The fourth-order valence-corrected chi connectivity index (χ4v) is 3.45. The molecule has 2 aliphatic heterocycles. The quantitative estimate of drug-likeness (QED) is 0.881. The molecule has 5 nitrogen and oxygen atoms in total. The molecule has 2 aliphatic rings. The van der Waals surface area contributed by atoms with Crippen LogP contribution in [0, 0.1) is 0 Å². The van der Waals surface area contributed by atoms with E-state index in [2.05, 4.69) is 22.3 Å². The zero-order chi connectivity index (χ0) is 16.1. The van der Waals surface area contributed by atoms with E-state index in [1.165, 1.54) is 31.4 Å². The van der Waals surface area contributed by atoms with Crippen LogP contribution in [0.15, 0.2) is 24.3 Å². The highest BCUT2D eigenvalue weighted by Crippen LogP contribution is 2.23. The van der Waals surface area contributed by atoms with Gasteiger partial charge in [-0.2, -0.15) is 0 Å². The Morgan fingerprint density at radius 3 is 2.61 bits per heavy atom. The summed E-state index contributed by atoms with van der Waals surface area (Å²) in [6.45, 7) is 3.33. The van der Waals surface area contributed by atoms with Crippen molar-refractivity contribution in [2.75, 3.05) is 36.4 Å². The van der Waals surface area contributed by atoms with Crippen LogP contribution >= 0.6 is 0 Å². The minimum atomic E-state index is -0.391. The highest BCUT2D eigenvalue weighted by atomic mass is 16.3. The predicted octanol–water partition coefficient (Wildman–Crippen LogP) is 3.06. The lowest BCUT2D eigenvalue weighted by Gasteiger charge is -2.30. The number of benzene rings is 1. The molecule has 5 heteroatoms. The molecular weight excluding hydrogens is 290 g/mol. The molecule has 0 spiro atoms. The van der Waals surface area contributed by atoms with Gasteiger partial charge in [0.1, 0.15) is 0 Å². The van der Waals surface area contributed by atoms with Crippen molar-refractivity contribution >= 4 is 17.4 Å². The second-order valence-electron chi connectivity index (χ2n) is 6.62. The van der Waals surface area contributed by atoms with Gasteiger partial charge in [-0.25, -0.2) is 4.79 Å². The topological polar surface area (TPSA) is 55.8 Å². The first-order chi connectivity index (χ1) is 11.2. The molecule has 1 unspecified atom stereocenters. The number of nitrogens with one attached hydrogen (secondary N) is 1. The fraction of sp³-hybridized carbons (Fsp3) is 0.611. The van der Waals surface area contributed by atoms with E-state index in [9.17, 15) is 9.90 Å². The second kappa shape index (κ2) is 7.68. The Balaban J connectivity index is 1.63. The van der Waals surface area contributed by atoms with Gasteiger partial charge in [0, 0.05) is 37.6 Å². The molecule has 0 radical (unpaired) electrons. The monoisotopic (exact) mass is 317 g/mol. The van der Waals surface area contributed by atoms with Gasteiger partial charge in [0.15, 0.2) is 0 Å². The van der Waals surface area contributed by atoms with Gasteiger partial charge in [-0.15, -0.1) is 0 Å². The van der Waals surface area contributed by atoms with Gasteiger partial charge >= 0.3 is 6.03 Å². The maximum Gasteiger partial charge on any atom is 0.321 e. The second-order valence-corrected chi connectivity index (χ2v) is 6.62. The molecule has 1 aromatic rings. The third-order valence-electron chi connectivity index (χ3n) is 4.75. The Bertz CT molecular complexity index is 527. The summed E-state index contributed by atoms with van der Waals surface area (Å²) in [6.07, 6.45) is 6.35. The lowest BCUT2D eigenvalue weighted by atomic mass is 10.1. The first kappa shape index (κ1) is 16.1. The molecule has 2 N–H and O–H groups in total. The number of β-amino-alcohol motifs (C(OH)–C–C–N with tert-alkyl or cyclic N) is 1. The molecule has 1 atom stereocenters. The van der Waals surface area contributed by atoms with Crippen LogP contribution in [0.3, 0.4) is 0 Å². The zero-order valence-electron chi connectivity index (χ0n) is 13.7. The minimum absolute atomic E-state index is 0.114. The van der Waals surface area contributed by atoms with E-state index in [4.69, 9.17) is 0 Å². The zero-order valence-corrected chi connectivity index (χ0v) is 13.7. The summed E-state index contributed by atoms with van der Waals surface area (Å²) in [6, 6.07) is 7.99. The number of piperidine rings is 1. The summed E-state index contributed by atoms with van der Waals surface area (Å²) < 4.78 is 0. The number of aliphatic hydroxyl groups is 1. The Morgan fingerprint density at radius 2 is 1.87 bits per heavy atom. The number of nitrogens with zero attached hydrogens (tertiary/aromatic N) is 2. The van der Waals surface area contributed by atoms with E-state index in [1.807, 2.05) is 12.1 Å². The Kier molecular flexibility index (Phi) is 5.39. The number of amides is 2. The molecule has 0 aliphatic carbocycles. The first-order valence-corrected chi connectivity index (χ1v) is 8.81. The summed E-state index contributed by atoms with van der Waals surface area (Å²) in [4.78, 5) is 16.5. The van der Waals surface area contributed by atoms with Crippen LogP contribution < -0.4 is 10.2 Å². The molecule has 2 saturated heterocycles. The van der Waals surface area contributed by atoms with Crippen molar-refractivity contribution in [1.29, 1.82) is 0 Å². The Labute approximate surface area is 138 Å². The smallest absolute Gasteiger partial charge is 0.321 e. The molecule has 0 bridgehead atoms. The lowest BCUT2D eigenvalue weighted by Crippen LogP contribution is -2.44. The summed E-state index contributed by atoms with van der Waals surface area (Å²) in [5.41, 5.74) is 2.01. The molecule has 2 fully saturated rings. The fourth-order valence-electron chi connectivity index (χ4n) is 3.45. The number of likely N-dealkylation sites (tertiary alicyclic amines) is 1. The number of aliphatic hydroxyl groups excluding tert-OH is 1. The van der Waals surface area contributed by atoms with Gasteiger partial charge in [-0.3, -0.25) is 0 Å². The Hall–Kier alpha value is -1.75. The summed E-state index contributed by atoms with van der Waals surface area (Å²) >= 11 is 0. The molecule has 0 saturated carbocycles. The minimum Gasteiger partial charge on any atom is -0.391 e. The number of carbonyl (C=O) groups excluding carboxylic acids is 1. The van der Waals surface area contributed by atoms with Crippen molar-refractivity contribution < 1.29 is 9.90 Å². The van der Waals surface area contributed by atoms with Crippen LogP contribution in [0.1, 0.15) is 38.5 Å². The molecule has 126 valence electrons. The average Bonchev–Trinajstić information content (AvgIpc) is 2.84. The molecule has 1 aromatic carbocycles. The van der Waals surface area contributed by atoms with Crippen molar-refractivity contribution in [2.45, 2.75) is 44.6 Å². The van der Waals surface area contributed by atoms with E-state index in [0.29, 0.717) is 13.1 Å². The lowest BCUT2D eigenvalue weighted by molar-refractivity contribution is 0.0883. The Morgan fingerprint density at radius 1 is 1.09 bits per heavy atom. The van der Waals surface area contributed by atoms with Crippen LogP contribution in [0.5, 0.6) is 0 Å². The van der Waals surface area contributed by atoms with Gasteiger partial charge in [0.2, 0.25) is 0 Å². The molecule has 2 amide bonds. The number of anilines is 2. The van der Waals surface area contributed by atoms with Crippen molar-refractivity contribution in [2.24, 2.45) is 0 Å². The van der Waals surface area contributed by atoms with Gasteiger partial charge in [0.05, 0.1) is 6.10 Å². The number of hydrogen-bond acceptors (Lipinski definition) is 3. The van der Waals surface area contributed by atoms with Crippen molar-refractivity contribution in [1.82, 2.24) is 4.90 Å². The van der Waals surface area contributed by atoms with Gasteiger partial charge < -0.3 is 20.2 Å². The largest absolute Gasteiger partial charge is 0.391 e. The number of hydrogen-bond donors (Lipinski definition) is 2. The SMILES string of the molecule is O=C(Nc1cccc(N2CCCCCC2)c1)N1CCCC(O)C1. The van der Waals surface area contributed by atoms with Crippen molar-refractivity contribution in [3.63, 3.8) is 0 Å². The number of carbonyl (C=O) groups is 1. The summed E-state index contributed by atoms with van der Waals surface area (Å²) in [5.74, 6) is 0. The van der Waals surface area contributed by atoms with E-state index in [1.54, 1.807) is 4.90 Å². The van der Waals surface area contributed by atoms with Crippen molar-refractivity contribution in [3.05, 3.63) is 24.3 Å². The standard InChI is InChI=1S/C18H27N3O2/c22-17-9-6-12-21(14-17)18(23)19-15-7-5-8-16(13-15)20-10-3-1-2-4-11-20/h5,7-8,13,17,22H,1-4,6,9-12,14H2,(H,19,23). The van der Waals surface area contributed by atoms with Crippen LogP contribution in [-0.4, -0.2) is 48.3 Å². The van der Waals surface area contributed by atoms with Crippen LogP contribution in [0.4, 0.5) is 16.2 Å². The van der Waals surface area contributed by atoms with E-state index >= 15 is 0 Å². The molecular formula is C18H27N3O2. The molecule has 0 aromatic heterocycles. The highest BCUT2D eigenvalue weighted by molar-refractivity contribution is 5.90. The van der Waals surface area contributed by atoms with E-state index < -0.39 is 6.10 Å². The van der Waals surface area contributed by atoms with E-state index in [-0.39, 0.29) is 6.03 Å². The number of rotatable bonds is 2. The number of urea groups is 1. The average molecular weight is 317 g/mol. The summed E-state index contributed by atoms with van der Waals surface area (Å²) in [5, 5.41) is 12.7. The third-order valence-corrected chi connectivity index (χ3v) is 4.75. The van der Waals surface area contributed by atoms with Crippen molar-refractivity contribution in [3.8, 4) is 0 Å². The van der Waals surface area contributed by atoms with Gasteiger partial charge in [0.25, 0.3) is 0 Å². The molecule has 2 heterocycles. The maximum atomic E-state index is 12.3. The van der Waals surface area contributed by atoms with Crippen LogP contribution in [0.25, 0.3) is 0 Å². The van der Waals surface area contributed by atoms with E-state index in [0.717, 1.165) is 31.6 Å². The predicted molar refractivity (Wildman–Crippen MR) is 93.0 cm³/mol. The summed E-state index contributed by atoms with van der Waals surface area (Å²) in [7, 11) is 0. The maximum absolute atomic E-state index is 12.3. The molecule has 23 heavy (non-hydrogen) atoms.